The first-order chi connectivity index (χ1) is 14.6. The van der Waals surface area contributed by atoms with E-state index in [4.69, 9.17) is 5.41 Å². The molecule has 0 spiro atoms. The van der Waals surface area contributed by atoms with Crippen molar-refractivity contribution in [3.63, 3.8) is 0 Å². The van der Waals surface area contributed by atoms with Crippen LogP contribution in [0.2, 0.25) is 0 Å². The highest BCUT2D eigenvalue weighted by atomic mass is 16.3. The summed E-state index contributed by atoms with van der Waals surface area (Å²) in [5, 5.41) is 20.0. The summed E-state index contributed by atoms with van der Waals surface area (Å²) in [5.74, 6) is 0.403. The molecule has 0 aromatic heterocycles. The third kappa shape index (κ3) is 5.93. The number of phenols is 1. The van der Waals surface area contributed by atoms with Gasteiger partial charge >= 0.3 is 0 Å². The monoisotopic (exact) mass is 449 g/mol. The van der Waals surface area contributed by atoms with Crippen molar-refractivity contribution in [2.45, 2.75) is 93.9 Å². The number of aromatic hydroxyl groups is 1. The Balaban J connectivity index is 2.72. The van der Waals surface area contributed by atoms with Crippen LogP contribution in [0, 0.1) is 16.2 Å². The topological polar surface area (TPSA) is 61.1 Å². The van der Waals surface area contributed by atoms with Gasteiger partial charge in [0.1, 0.15) is 5.75 Å². The summed E-state index contributed by atoms with van der Waals surface area (Å²) in [4.78, 5) is 13.2. The number of phenolic OH excluding ortho intramolecular Hbond substituents is 1. The zero-order valence-corrected chi connectivity index (χ0v) is 22.7. The van der Waals surface area contributed by atoms with Gasteiger partial charge in [0.2, 0.25) is 0 Å². The molecule has 3 nitrogen and oxygen atoms in total. The highest BCUT2D eigenvalue weighted by Gasteiger charge is 2.34. The standard InChI is InChI=1S/C30H43NO2/c1-27(2,3)20-13-18(14-21(25(20)32)28(4,5)6)15-24(31)19-16-22(29(7,8)9)26(33)23(17-19)30(10,11)12/h13-17,31,33H,1-12H3. The number of allylic oxidation sites excluding steroid dienone is 6. The van der Waals surface area contributed by atoms with E-state index < -0.39 is 0 Å². The van der Waals surface area contributed by atoms with Gasteiger partial charge in [0.05, 0.1) is 5.71 Å². The molecule has 2 rings (SSSR count). The molecule has 180 valence electrons. The Hall–Kier alpha value is -2.42. The fourth-order valence-electron chi connectivity index (χ4n) is 4.03. The molecule has 1 aliphatic rings. The van der Waals surface area contributed by atoms with Crippen LogP contribution < -0.4 is 0 Å². The van der Waals surface area contributed by atoms with Gasteiger partial charge in [0, 0.05) is 27.8 Å². The van der Waals surface area contributed by atoms with Crippen molar-refractivity contribution in [2.75, 3.05) is 0 Å². The normalized spacial score (nSPS) is 15.9. The molecule has 0 atom stereocenters. The fourth-order valence-corrected chi connectivity index (χ4v) is 4.03. The van der Waals surface area contributed by atoms with Gasteiger partial charge in [-0.25, -0.2) is 0 Å². The maximum absolute atomic E-state index is 13.2. The molecule has 0 saturated heterocycles. The van der Waals surface area contributed by atoms with Crippen molar-refractivity contribution in [3.8, 4) is 5.75 Å². The predicted molar refractivity (Wildman–Crippen MR) is 141 cm³/mol. The summed E-state index contributed by atoms with van der Waals surface area (Å²) in [6.07, 6.45) is 5.71. The molecule has 0 fully saturated rings. The van der Waals surface area contributed by atoms with E-state index in [2.05, 4.69) is 83.1 Å². The van der Waals surface area contributed by atoms with Crippen LogP contribution in [-0.4, -0.2) is 16.6 Å². The van der Waals surface area contributed by atoms with Crippen molar-refractivity contribution in [1.82, 2.24) is 0 Å². The molecular weight excluding hydrogens is 406 g/mol. The quantitative estimate of drug-likeness (QED) is 0.452. The molecule has 0 heterocycles. The fraction of sp³-hybridized carbons (Fsp3) is 0.533. The van der Waals surface area contributed by atoms with Crippen molar-refractivity contribution < 1.29 is 9.90 Å². The first-order valence-corrected chi connectivity index (χ1v) is 11.8. The van der Waals surface area contributed by atoms with E-state index in [-0.39, 0.29) is 27.4 Å². The second kappa shape index (κ2) is 8.42. The lowest BCUT2D eigenvalue weighted by atomic mass is 9.71. The van der Waals surface area contributed by atoms with E-state index in [0.29, 0.717) is 11.5 Å². The number of carbonyl (C=O) groups is 1. The second-order valence-electron chi connectivity index (χ2n) is 13.4. The number of hydrogen-bond donors (Lipinski definition) is 2. The Morgan fingerprint density at radius 2 is 1.09 bits per heavy atom. The van der Waals surface area contributed by atoms with E-state index >= 15 is 0 Å². The molecule has 1 aromatic carbocycles. The highest BCUT2D eigenvalue weighted by Crippen LogP contribution is 2.41. The van der Waals surface area contributed by atoms with Crippen LogP contribution in [0.4, 0.5) is 0 Å². The number of benzene rings is 1. The Bertz CT molecular complexity index is 995. The van der Waals surface area contributed by atoms with E-state index in [1.807, 2.05) is 30.4 Å². The van der Waals surface area contributed by atoms with Crippen LogP contribution in [0.25, 0.3) is 0 Å². The molecule has 0 saturated carbocycles. The van der Waals surface area contributed by atoms with Crippen LogP contribution in [0.3, 0.4) is 0 Å². The van der Waals surface area contributed by atoms with Gasteiger partial charge < -0.3 is 10.5 Å². The van der Waals surface area contributed by atoms with Crippen molar-refractivity contribution in [2.24, 2.45) is 10.8 Å². The summed E-state index contributed by atoms with van der Waals surface area (Å²) < 4.78 is 0. The molecule has 0 radical (unpaired) electrons. The largest absolute Gasteiger partial charge is 0.507 e. The molecule has 2 N–H and O–H groups in total. The molecule has 3 heteroatoms. The number of nitrogens with one attached hydrogen (secondary N) is 1. The minimum atomic E-state index is -0.291. The van der Waals surface area contributed by atoms with Crippen molar-refractivity contribution >= 4 is 11.5 Å². The molecule has 0 amide bonds. The maximum Gasteiger partial charge on any atom is 0.186 e. The van der Waals surface area contributed by atoms with E-state index in [9.17, 15) is 9.90 Å². The number of rotatable bonds is 2. The maximum atomic E-state index is 13.2. The third-order valence-corrected chi connectivity index (χ3v) is 6.08. The Morgan fingerprint density at radius 3 is 1.39 bits per heavy atom. The third-order valence-electron chi connectivity index (χ3n) is 6.08. The van der Waals surface area contributed by atoms with Gasteiger partial charge in [-0.1, -0.05) is 83.1 Å². The van der Waals surface area contributed by atoms with Crippen LogP contribution >= 0.6 is 0 Å². The first-order valence-electron chi connectivity index (χ1n) is 11.8. The van der Waals surface area contributed by atoms with Crippen molar-refractivity contribution in [3.05, 3.63) is 63.8 Å². The number of Topliss-reactive ketones (excluding diaryl/α,β-unsaturated/α-hetero) is 1. The second-order valence-corrected chi connectivity index (χ2v) is 13.4. The molecule has 1 aromatic rings. The molecule has 0 unspecified atom stereocenters. The SMILES string of the molecule is CC(C)(C)C1=CC(=CC(=N)c2cc(C(C)(C)C)c(O)c(C(C)(C)C)c2)C=C(C(C)(C)C)C1=O. The van der Waals surface area contributed by atoms with Gasteiger partial charge in [-0.15, -0.1) is 0 Å². The zero-order valence-electron chi connectivity index (χ0n) is 22.7. The number of ketones is 1. The molecule has 0 aliphatic heterocycles. The van der Waals surface area contributed by atoms with Crippen LogP contribution in [0.1, 0.15) is 99.8 Å². The summed E-state index contributed by atoms with van der Waals surface area (Å²) in [6, 6.07) is 3.86. The summed E-state index contributed by atoms with van der Waals surface area (Å²) in [7, 11) is 0. The lowest BCUT2D eigenvalue weighted by Gasteiger charge is -2.31. The van der Waals surface area contributed by atoms with Gasteiger partial charge in [0.25, 0.3) is 0 Å². The van der Waals surface area contributed by atoms with Gasteiger partial charge in [0.15, 0.2) is 5.78 Å². The van der Waals surface area contributed by atoms with Gasteiger partial charge in [-0.05, 0) is 57.6 Å². The Labute approximate surface area is 201 Å². The highest BCUT2D eigenvalue weighted by molar-refractivity contribution is 6.13. The Kier molecular flexibility index (Phi) is 6.84. The summed E-state index contributed by atoms with van der Waals surface area (Å²) in [5.41, 5.74) is 4.10. The lowest BCUT2D eigenvalue weighted by molar-refractivity contribution is -0.114. The van der Waals surface area contributed by atoms with Gasteiger partial charge in [-0.3, -0.25) is 4.79 Å². The zero-order chi connectivity index (χ0) is 25.7. The average molecular weight is 450 g/mol. The smallest absolute Gasteiger partial charge is 0.186 e. The number of hydrogen-bond acceptors (Lipinski definition) is 3. The minimum absolute atomic E-state index is 0.0911. The van der Waals surface area contributed by atoms with Gasteiger partial charge in [-0.2, -0.15) is 0 Å². The van der Waals surface area contributed by atoms with Crippen LogP contribution in [-0.2, 0) is 15.6 Å². The summed E-state index contributed by atoms with van der Waals surface area (Å²) >= 11 is 0. The van der Waals surface area contributed by atoms with Crippen LogP contribution in [0.5, 0.6) is 5.75 Å². The van der Waals surface area contributed by atoms with Crippen molar-refractivity contribution in [1.29, 1.82) is 5.41 Å². The van der Waals surface area contributed by atoms with E-state index in [1.165, 1.54) is 0 Å². The van der Waals surface area contributed by atoms with Crippen LogP contribution in [0.15, 0.2) is 47.1 Å². The molecule has 1 aliphatic carbocycles. The molecule has 33 heavy (non-hydrogen) atoms. The predicted octanol–water partition coefficient (Wildman–Crippen LogP) is 7.81. The Morgan fingerprint density at radius 1 is 0.727 bits per heavy atom. The molecule has 0 bridgehead atoms. The minimum Gasteiger partial charge on any atom is -0.507 e. The van der Waals surface area contributed by atoms with E-state index in [0.717, 1.165) is 33.4 Å². The average Bonchev–Trinajstić information content (AvgIpc) is 2.59. The number of carbonyl (C=O) groups excluding carboxylic acids is 1. The lowest BCUT2D eigenvalue weighted by Crippen LogP contribution is -2.28. The molecular formula is C30H43NO2. The summed E-state index contributed by atoms with van der Waals surface area (Å²) in [6.45, 7) is 24.8. The van der Waals surface area contributed by atoms with E-state index in [1.54, 1.807) is 0 Å². The first kappa shape index (κ1) is 26.8.